The van der Waals surface area contributed by atoms with Crippen LogP contribution in [0.15, 0.2) is 11.1 Å². The summed E-state index contributed by atoms with van der Waals surface area (Å²) in [6.45, 7) is 3.13. The molecule has 1 aliphatic carbocycles. The van der Waals surface area contributed by atoms with Crippen LogP contribution in [0, 0.1) is 11.8 Å². The number of aromatic nitrogens is 2. The Bertz CT molecular complexity index is 430. The Kier molecular flexibility index (Phi) is 3.66. The summed E-state index contributed by atoms with van der Waals surface area (Å²) in [6.07, 6.45) is 5.24. The smallest absolute Gasteiger partial charge is 0.295 e. The van der Waals surface area contributed by atoms with Crippen molar-refractivity contribution in [2.45, 2.75) is 26.2 Å². The molecule has 0 spiro atoms. The van der Waals surface area contributed by atoms with Gasteiger partial charge in [-0.1, -0.05) is 19.8 Å². The number of aromatic amines is 1. The molecular weight excluding hydrogens is 218 g/mol. The third-order valence-corrected chi connectivity index (χ3v) is 3.59. The summed E-state index contributed by atoms with van der Waals surface area (Å²) < 4.78 is 5.05. The number of hydrogen-bond donors (Lipinski definition) is 2. The van der Waals surface area contributed by atoms with Gasteiger partial charge < -0.3 is 15.0 Å². The number of rotatable bonds is 4. The normalized spacial score (nSPS) is 23.6. The fourth-order valence-corrected chi connectivity index (χ4v) is 2.46. The van der Waals surface area contributed by atoms with Gasteiger partial charge in [0.05, 0.1) is 13.4 Å². The summed E-state index contributed by atoms with van der Waals surface area (Å²) in [4.78, 5) is 18.1. The van der Waals surface area contributed by atoms with Gasteiger partial charge in [0.2, 0.25) is 5.75 Å². The van der Waals surface area contributed by atoms with E-state index in [2.05, 4.69) is 22.2 Å². The van der Waals surface area contributed by atoms with E-state index < -0.39 is 0 Å². The molecule has 0 radical (unpaired) electrons. The maximum Gasteiger partial charge on any atom is 0.295 e. The summed E-state index contributed by atoms with van der Waals surface area (Å²) in [5.41, 5.74) is -0.246. The standard InChI is InChI=1S/C12H19N3O2/c1-8-4-3-5-9(8)6-13-11-10(17-2)12(16)15-7-14-11/h7-9H,3-6H2,1-2H3,(H2,13,14,15,16). The molecule has 1 aromatic rings. The Morgan fingerprint density at radius 3 is 3.06 bits per heavy atom. The quantitative estimate of drug-likeness (QED) is 0.835. The Labute approximate surface area is 101 Å². The van der Waals surface area contributed by atoms with Crippen molar-refractivity contribution in [3.05, 3.63) is 16.7 Å². The molecule has 1 saturated carbocycles. The first-order valence-electron chi connectivity index (χ1n) is 6.08. The average molecular weight is 237 g/mol. The van der Waals surface area contributed by atoms with Crippen molar-refractivity contribution in [1.82, 2.24) is 9.97 Å². The minimum atomic E-state index is -0.246. The summed E-state index contributed by atoms with van der Waals surface area (Å²) >= 11 is 0. The minimum Gasteiger partial charge on any atom is -0.489 e. The lowest BCUT2D eigenvalue weighted by molar-refractivity contribution is 0.405. The Balaban J connectivity index is 2.03. The number of nitrogens with one attached hydrogen (secondary N) is 2. The molecule has 2 atom stereocenters. The number of methoxy groups -OCH3 is 1. The van der Waals surface area contributed by atoms with Crippen LogP contribution in [0.5, 0.6) is 5.75 Å². The van der Waals surface area contributed by atoms with E-state index in [1.165, 1.54) is 32.7 Å². The van der Waals surface area contributed by atoms with E-state index in [-0.39, 0.29) is 11.3 Å². The number of nitrogens with zero attached hydrogens (tertiary/aromatic N) is 1. The molecule has 0 aliphatic heterocycles. The van der Waals surface area contributed by atoms with E-state index >= 15 is 0 Å². The van der Waals surface area contributed by atoms with E-state index in [1.807, 2.05) is 0 Å². The van der Waals surface area contributed by atoms with Gasteiger partial charge in [-0.05, 0) is 18.3 Å². The lowest BCUT2D eigenvalue weighted by Gasteiger charge is -2.16. The molecule has 0 amide bonds. The molecule has 1 fully saturated rings. The summed E-state index contributed by atoms with van der Waals surface area (Å²) in [7, 11) is 1.48. The minimum absolute atomic E-state index is 0.246. The van der Waals surface area contributed by atoms with Gasteiger partial charge in [-0.25, -0.2) is 4.98 Å². The van der Waals surface area contributed by atoms with Crippen LogP contribution in [0.2, 0.25) is 0 Å². The van der Waals surface area contributed by atoms with Crippen molar-refractivity contribution >= 4 is 5.82 Å². The van der Waals surface area contributed by atoms with E-state index in [1.54, 1.807) is 0 Å². The van der Waals surface area contributed by atoms with Gasteiger partial charge in [0.25, 0.3) is 5.56 Å². The second-order valence-corrected chi connectivity index (χ2v) is 4.66. The Morgan fingerprint density at radius 2 is 2.41 bits per heavy atom. The zero-order valence-electron chi connectivity index (χ0n) is 10.3. The van der Waals surface area contributed by atoms with E-state index in [9.17, 15) is 4.79 Å². The monoisotopic (exact) mass is 237 g/mol. The third-order valence-electron chi connectivity index (χ3n) is 3.59. The zero-order valence-corrected chi connectivity index (χ0v) is 10.3. The molecule has 0 saturated heterocycles. The maximum atomic E-state index is 11.5. The molecule has 17 heavy (non-hydrogen) atoms. The van der Waals surface area contributed by atoms with Gasteiger partial charge in [0.15, 0.2) is 5.82 Å². The first kappa shape index (κ1) is 12.0. The largest absolute Gasteiger partial charge is 0.489 e. The molecule has 1 aliphatic rings. The number of anilines is 1. The average Bonchev–Trinajstić information content (AvgIpc) is 2.72. The van der Waals surface area contributed by atoms with Crippen molar-refractivity contribution in [2.75, 3.05) is 19.0 Å². The summed E-state index contributed by atoms with van der Waals surface area (Å²) in [5.74, 6) is 2.21. The van der Waals surface area contributed by atoms with Gasteiger partial charge in [0, 0.05) is 6.54 Å². The van der Waals surface area contributed by atoms with Gasteiger partial charge in [-0.15, -0.1) is 0 Å². The van der Waals surface area contributed by atoms with Gasteiger partial charge in [0.1, 0.15) is 0 Å². The first-order chi connectivity index (χ1) is 8.22. The van der Waals surface area contributed by atoms with Crippen molar-refractivity contribution in [1.29, 1.82) is 0 Å². The van der Waals surface area contributed by atoms with Crippen molar-refractivity contribution in [3.63, 3.8) is 0 Å². The second kappa shape index (κ2) is 5.21. The SMILES string of the molecule is COc1c(NCC2CCCC2C)nc[nH]c1=O. The van der Waals surface area contributed by atoms with Gasteiger partial charge in [-0.3, -0.25) is 4.79 Å². The van der Waals surface area contributed by atoms with Crippen LogP contribution in [0.4, 0.5) is 5.82 Å². The molecule has 94 valence electrons. The second-order valence-electron chi connectivity index (χ2n) is 4.66. The Hall–Kier alpha value is -1.52. The number of hydrogen-bond acceptors (Lipinski definition) is 4. The van der Waals surface area contributed by atoms with E-state index in [4.69, 9.17) is 4.74 Å². The number of ether oxygens (including phenoxy) is 1. The van der Waals surface area contributed by atoms with E-state index in [0.717, 1.165) is 12.5 Å². The highest BCUT2D eigenvalue weighted by Gasteiger charge is 2.23. The van der Waals surface area contributed by atoms with Crippen molar-refractivity contribution < 1.29 is 4.74 Å². The highest BCUT2D eigenvalue weighted by atomic mass is 16.5. The zero-order chi connectivity index (χ0) is 12.3. The Morgan fingerprint density at radius 1 is 1.59 bits per heavy atom. The molecule has 5 heteroatoms. The summed E-state index contributed by atoms with van der Waals surface area (Å²) in [5, 5.41) is 3.22. The van der Waals surface area contributed by atoms with Crippen molar-refractivity contribution in [2.24, 2.45) is 11.8 Å². The molecule has 2 unspecified atom stereocenters. The molecule has 2 rings (SSSR count). The van der Waals surface area contributed by atoms with Crippen LogP contribution < -0.4 is 15.6 Å². The molecule has 5 nitrogen and oxygen atoms in total. The van der Waals surface area contributed by atoms with Gasteiger partial charge in [-0.2, -0.15) is 0 Å². The molecule has 2 N–H and O–H groups in total. The van der Waals surface area contributed by atoms with Crippen LogP contribution >= 0.6 is 0 Å². The predicted octanol–water partition coefficient (Wildman–Crippen LogP) is 1.63. The van der Waals surface area contributed by atoms with Crippen LogP contribution in [0.1, 0.15) is 26.2 Å². The predicted molar refractivity (Wildman–Crippen MR) is 66.4 cm³/mol. The van der Waals surface area contributed by atoms with Crippen molar-refractivity contribution in [3.8, 4) is 5.75 Å². The molecule has 1 heterocycles. The lowest BCUT2D eigenvalue weighted by atomic mass is 9.98. The van der Waals surface area contributed by atoms with Crippen LogP contribution in [0.25, 0.3) is 0 Å². The topological polar surface area (TPSA) is 67.0 Å². The molecular formula is C12H19N3O2. The first-order valence-corrected chi connectivity index (χ1v) is 6.08. The van der Waals surface area contributed by atoms with Crippen LogP contribution in [-0.4, -0.2) is 23.6 Å². The highest BCUT2D eigenvalue weighted by Crippen LogP contribution is 2.31. The van der Waals surface area contributed by atoms with Gasteiger partial charge >= 0.3 is 0 Å². The molecule has 0 bridgehead atoms. The van der Waals surface area contributed by atoms with Crippen LogP contribution in [-0.2, 0) is 0 Å². The maximum absolute atomic E-state index is 11.5. The third kappa shape index (κ3) is 2.60. The van der Waals surface area contributed by atoms with E-state index in [0.29, 0.717) is 11.7 Å². The highest BCUT2D eigenvalue weighted by molar-refractivity contribution is 5.47. The van der Waals surface area contributed by atoms with Crippen LogP contribution in [0.3, 0.4) is 0 Å². The summed E-state index contributed by atoms with van der Waals surface area (Å²) in [6, 6.07) is 0. The molecule has 0 aromatic carbocycles. The fraction of sp³-hybridized carbons (Fsp3) is 0.667. The lowest BCUT2D eigenvalue weighted by Crippen LogP contribution is -2.20. The molecule has 1 aromatic heterocycles. The number of H-pyrrole nitrogens is 1. The fourth-order valence-electron chi connectivity index (χ4n) is 2.46.